The first-order chi connectivity index (χ1) is 11.0. The third kappa shape index (κ3) is 11.6. The van der Waals surface area contributed by atoms with Crippen LogP contribution >= 0.6 is 0 Å². The molecule has 134 valence electrons. The Morgan fingerprint density at radius 2 is 1.87 bits per heavy atom. The zero-order valence-electron chi connectivity index (χ0n) is 14.7. The van der Waals surface area contributed by atoms with E-state index in [9.17, 15) is 9.90 Å². The molecule has 0 aliphatic rings. The van der Waals surface area contributed by atoms with Crippen molar-refractivity contribution in [3.8, 4) is 0 Å². The van der Waals surface area contributed by atoms with Crippen LogP contribution in [0.15, 0.2) is 16.6 Å². The number of aliphatic imine (C=N–C) groups is 1. The topological polar surface area (TPSA) is 114 Å². The van der Waals surface area contributed by atoms with E-state index in [1.807, 2.05) is 6.92 Å². The largest absolute Gasteiger partial charge is 0.479 e. The maximum Gasteiger partial charge on any atom is 0.330 e. The Kier molecular flexibility index (Phi) is 13.1. The first-order valence-corrected chi connectivity index (χ1v) is 8.74. The Bertz CT molecular complexity index is 381. The predicted octanol–water partition coefficient (Wildman–Crippen LogP) is 2.39. The maximum atomic E-state index is 11.5. The van der Waals surface area contributed by atoms with E-state index < -0.39 is 12.0 Å². The van der Waals surface area contributed by atoms with Gasteiger partial charge >= 0.3 is 5.97 Å². The van der Waals surface area contributed by atoms with E-state index >= 15 is 0 Å². The van der Waals surface area contributed by atoms with Crippen molar-refractivity contribution in [2.75, 3.05) is 13.1 Å². The number of hydrogen-bond acceptors (Lipinski definition) is 3. The number of carbonyl (C=O) groups is 1. The van der Waals surface area contributed by atoms with Crippen molar-refractivity contribution in [3.05, 3.63) is 11.6 Å². The van der Waals surface area contributed by atoms with Crippen LogP contribution in [0.3, 0.4) is 0 Å². The molecule has 0 aliphatic carbocycles. The lowest BCUT2D eigenvalue weighted by Crippen LogP contribution is -2.43. The second-order valence-corrected chi connectivity index (χ2v) is 5.76. The SMILES string of the molecule is CCCCCCC(=CC(NC(N)=NCCC)C(=O)O)CCCN. The zero-order chi connectivity index (χ0) is 17.5. The molecule has 6 N–H and O–H groups in total. The number of allylic oxidation sites excluding steroid dienone is 1. The number of carboxylic acids is 1. The van der Waals surface area contributed by atoms with E-state index in [0.717, 1.165) is 37.7 Å². The molecule has 0 fully saturated rings. The Morgan fingerprint density at radius 1 is 1.17 bits per heavy atom. The van der Waals surface area contributed by atoms with Gasteiger partial charge in [-0.1, -0.05) is 44.8 Å². The standard InChI is InChI=1S/C17H34N4O2/c1-3-5-6-7-9-14(10-8-11-18)13-15(16(22)23)21-17(19)20-12-4-2/h13,15H,3-12,18H2,1-2H3,(H,22,23)(H3,19,20,21). The van der Waals surface area contributed by atoms with Crippen LogP contribution < -0.4 is 16.8 Å². The average molecular weight is 326 g/mol. The summed E-state index contributed by atoms with van der Waals surface area (Å²) in [5.41, 5.74) is 12.5. The van der Waals surface area contributed by atoms with Crippen LogP contribution in [0, 0.1) is 0 Å². The minimum atomic E-state index is -0.946. The minimum Gasteiger partial charge on any atom is -0.479 e. The Balaban J connectivity index is 4.82. The molecular formula is C17H34N4O2. The van der Waals surface area contributed by atoms with Crippen molar-refractivity contribution < 1.29 is 9.90 Å². The summed E-state index contributed by atoms with van der Waals surface area (Å²) in [4.78, 5) is 15.5. The van der Waals surface area contributed by atoms with Gasteiger partial charge in [0.05, 0.1) is 0 Å². The quantitative estimate of drug-likeness (QED) is 0.180. The number of carboxylic acid groups (broad SMARTS) is 1. The molecule has 1 unspecified atom stereocenters. The molecule has 0 saturated carbocycles. The number of unbranched alkanes of at least 4 members (excludes halogenated alkanes) is 3. The van der Waals surface area contributed by atoms with Gasteiger partial charge in [0.25, 0.3) is 0 Å². The summed E-state index contributed by atoms with van der Waals surface area (Å²) in [6.07, 6.45) is 9.90. The van der Waals surface area contributed by atoms with Gasteiger partial charge in [-0.15, -0.1) is 0 Å². The summed E-state index contributed by atoms with van der Waals surface area (Å²) in [5, 5.41) is 12.2. The molecule has 0 amide bonds. The van der Waals surface area contributed by atoms with Crippen LogP contribution in [-0.4, -0.2) is 36.2 Å². The summed E-state index contributed by atoms with van der Waals surface area (Å²) >= 11 is 0. The fraction of sp³-hybridized carbons (Fsp3) is 0.765. The molecule has 0 spiro atoms. The molecule has 0 aromatic rings. The number of rotatable bonds is 13. The number of guanidine groups is 1. The fourth-order valence-electron chi connectivity index (χ4n) is 2.25. The molecule has 1 atom stereocenters. The summed E-state index contributed by atoms with van der Waals surface area (Å²) < 4.78 is 0. The number of nitrogens with one attached hydrogen (secondary N) is 1. The van der Waals surface area contributed by atoms with Crippen LogP contribution in [-0.2, 0) is 4.79 Å². The third-order valence-corrected chi connectivity index (χ3v) is 3.53. The normalized spacial score (nSPS) is 13.9. The molecule has 6 nitrogen and oxygen atoms in total. The number of nitrogens with two attached hydrogens (primary N) is 2. The van der Waals surface area contributed by atoms with Crippen LogP contribution in [0.2, 0.25) is 0 Å². The molecule has 0 heterocycles. The van der Waals surface area contributed by atoms with E-state index in [4.69, 9.17) is 11.5 Å². The monoisotopic (exact) mass is 326 g/mol. The van der Waals surface area contributed by atoms with Gasteiger partial charge in [-0.2, -0.15) is 0 Å². The second-order valence-electron chi connectivity index (χ2n) is 5.76. The van der Waals surface area contributed by atoms with E-state index in [1.54, 1.807) is 6.08 Å². The van der Waals surface area contributed by atoms with Crippen LogP contribution in [0.25, 0.3) is 0 Å². The van der Waals surface area contributed by atoms with E-state index in [0.29, 0.717) is 13.1 Å². The average Bonchev–Trinajstić information content (AvgIpc) is 2.53. The lowest BCUT2D eigenvalue weighted by Gasteiger charge is -2.15. The second kappa shape index (κ2) is 14.1. The fourth-order valence-corrected chi connectivity index (χ4v) is 2.25. The van der Waals surface area contributed by atoms with Crippen molar-refractivity contribution in [1.29, 1.82) is 0 Å². The van der Waals surface area contributed by atoms with Gasteiger partial charge < -0.3 is 21.9 Å². The van der Waals surface area contributed by atoms with Crippen molar-refractivity contribution in [3.63, 3.8) is 0 Å². The number of nitrogens with zero attached hydrogens (tertiary/aromatic N) is 1. The Hall–Kier alpha value is -1.56. The highest BCUT2D eigenvalue weighted by Crippen LogP contribution is 2.16. The van der Waals surface area contributed by atoms with Gasteiger partial charge in [-0.05, 0) is 38.6 Å². The smallest absolute Gasteiger partial charge is 0.330 e. The predicted molar refractivity (Wildman–Crippen MR) is 96.5 cm³/mol. The van der Waals surface area contributed by atoms with Crippen molar-refractivity contribution >= 4 is 11.9 Å². The molecule has 0 bridgehead atoms. The van der Waals surface area contributed by atoms with Gasteiger partial charge in [0.2, 0.25) is 0 Å². The van der Waals surface area contributed by atoms with Gasteiger partial charge in [0.1, 0.15) is 6.04 Å². The molecule has 6 heteroatoms. The lowest BCUT2D eigenvalue weighted by molar-refractivity contribution is -0.137. The molecule has 23 heavy (non-hydrogen) atoms. The molecule has 0 radical (unpaired) electrons. The molecule has 0 rings (SSSR count). The van der Waals surface area contributed by atoms with Crippen molar-refractivity contribution in [1.82, 2.24) is 5.32 Å². The van der Waals surface area contributed by atoms with E-state index in [2.05, 4.69) is 17.2 Å². The van der Waals surface area contributed by atoms with Gasteiger partial charge in [-0.3, -0.25) is 4.99 Å². The highest BCUT2D eigenvalue weighted by atomic mass is 16.4. The minimum absolute atomic E-state index is 0.180. The third-order valence-electron chi connectivity index (χ3n) is 3.53. The number of aliphatic carboxylic acids is 1. The molecular weight excluding hydrogens is 292 g/mol. The molecule has 0 aliphatic heterocycles. The first-order valence-electron chi connectivity index (χ1n) is 8.74. The van der Waals surface area contributed by atoms with Crippen LogP contribution in [0.4, 0.5) is 0 Å². The molecule has 0 saturated heterocycles. The van der Waals surface area contributed by atoms with Crippen LogP contribution in [0.1, 0.15) is 65.2 Å². The molecule has 0 aromatic heterocycles. The summed E-state index contributed by atoms with van der Waals surface area (Å²) in [5.74, 6) is -0.766. The highest BCUT2D eigenvalue weighted by Gasteiger charge is 2.16. The van der Waals surface area contributed by atoms with Crippen LogP contribution in [0.5, 0.6) is 0 Å². The summed E-state index contributed by atoms with van der Waals surface area (Å²) in [6.45, 7) is 5.37. The van der Waals surface area contributed by atoms with Crippen molar-refractivity contribution in [2.45, 2.75) is 71.3 Å². The number of hydrogen-bond donors (Lipinski definition) is 4. The summed E-state index contributed by atoms with van der Waals surface area (Å²) in [6, 6.07) is -0.838. The Labute approximate surface area is 140 Å². The summed E-state index contributed by atoms with van der Waals surface area (Å²) in [7, 11) is 0. The Morgan fingerprint density at radius 3 is 2.43 bits per heavy atom. The highest BCUT2D eigenvalue weighted by molar-refractivity contribution is 5.86. The van der Waals surface area contributed by atoms with Gasteiger partial charge in [0.15, 0.2) is 5.96 Å². The van der Waals surface area contributed by atoms with Gasteiger partial charge in [0, 0.05) is 6.54 Å². The lowest BCUT2D eigenvalue weighted by atomic mass is 10.00. The van der Waals surface area contributed by atoms with Gasteiger partial charge in [-0.25, -0.2) is 4.79 Å². The van der Waals surface area contributed by atoms with E-state index in [-0.39, 0.29) is 5.96 Å². The maximum absolute atomic E-state index is 11.5. The van der Waals surface area contributed by atoms with Crippen molar-refractivity contribution in [2.24, 2.45) is 16.5 Å². The molecule has 0 aromatic carbocycles. The van der Waals surface area contributed by atoms with E-state index in [1.165, 1.54) is 19.3 Å². The first kappa shape index (κ1) is 21.4. The zero-order valence-corrected chi connectivity index (χ0v) is 14.7.